The summed E-state index contributed by atoms with van der Waals surface area (Å²) < 4.78 is 5.75. The van der Waals surface area contributed by atoms with Crippen molar-refractivity contribution in [1.82, 2.24) is 14.9 Å². The smallest absolute Gasteiger partial charge is 0.436 e. The first-order valence-corrected chi connectivity index (χ1v) is 14.9. The Bertz CT molecular complexity index is 1270. The molecular formula is C31H40N4O6. The Balaban J connectivity index is 1.42. The number of amides is 4. The second kappa shape index (κ2) is 12.9. The van der Waals surface area contributed by atoms with E-state index in [2.05, 4.69) is 0 Å². The van der Waals surface area contributed by atoms with Crippen LogP contribution < -0.4 is 5.73 Å². The van der Waals surface area contributed by atoms with Gasteiger partial charge < -0.3 is 20.3 Å². The van der Waals surface area contributed by atoms with Crippen molar-refractivity contribution in [2.24, 2.45) is 11.7 Å². The maximum absolute atomic E-state index is 13.8. The number of fused-ring (bicyclic) bond motifs is 2. The third kappa shape index (κ3) is 6.32. The molecule has 2 saturated heterocycles. The van der Waals surface area contributed by atoms with E-state index in [4.69, 9.17) is 15.3 Å². The predicted molar refractivity (Wildman–Crippen MR) is 152 cm³/mol. The quantitative estimate of drug-likeness (QED) is 0.489. The number of rotatable bonds is 9. The highest BCUT2D eigenvalue weighted by atomic mass is 16.7. The van der Waals surface area contributed by atoms with E-state index in [1.54, 1.807) is 4.90 Å². The lowest BCUT2D eigenvalue weighted by atomic mass is 9.88. The van der Waals surface area contributed by atoms with Gasteiger partial charge in [0.25, 0.3) is 5.91 Å². The maximum atomic E-state index is 13.8. The molecule has 0 radical (unpaired) electrons. The normalized spacial score (nSPS) is 23.5. The molecule has 3 atom stereocenters. The van der Waals surface area contributed by atoms with Crippen molar-refractivity contribution in [2.75, 3.05) is 13.1 Å². The molecule has 2 aliphatic heterocycles. The molecule has 1 unspecified atom stereocenters. The Hall–Kier alpha value is -3.66. The van der Waals surface area contributed by atoms with Crippen LogP contribution in [0.25, 0.3) is 10.8 Å². The lowest BCUT2D eigenvalue weighted by Crippen LogP contribution is -2.73. The van der Waals surface area contributed by atoms with Crippen molar-refractivity contribution in [1.29, 1.82) is 0 Å². The predicted octanol–water partition coefficient (Wildman–Crippen LogP) is 4.10. The zero-order valence-electron chi connectivity index (χ0n) is 23.7. The summed E-state index contributed by atoms with van der Waals surface area (Å²) in [6.45, 7) is 2.73. The Morgan fingerprint density at radius 3 is 2.54 bits per heavy atom. The van der Waals surface area contributed by atoms with Crippen LogP contribution in [0.5, 0.6) is 0 Å². The SMILES string of the molecule is CCCC[C@H]1C(=O)N(CC2CCCCC2)CC2N(C(=O)OCc3cccc4ccccc34)O[C@@H](CC(N)=O)C(=O)N21. The van der Waals surface area contributed by atoms with E-state index in [-0.39, 0.29) is 19.1 Å². The van der Waals surface area contributed by atoms with Crippen molar-refractivity contribution in [3.8, 4) is 0 Å². The molecule has 1 aliphatic carbocycles. The summed E-state index contributed by atoms with van der Waals surface area (Å²) in [6.07, 6.45) is 4.29. The number of nitrogens with zero attached hydrogens (tertiary/aromatic N) is 3. The minimum absolute atomic E-state index is 0.00875. The first-order valence-electron chi connectivity index (χ1n) is 14.9. The highest BCUT2D eigenvalue weighted by Gasteiger charge is 2.53. The van der Waals surface area contributed by atoms with Crippen molar-refractivity contribution < 1.29 is 28.8 Å². The van der Waals surface area contributed by atoms with Crippen molar-refractivity contribution >= 4 is 34.6 Å². The van der Waals surface area contributed by atoms with Crippen LogP contribution in [0.15, 0.2) is 42.5 Å². The van der Waals surface area contributed by atoms with Crippen molar-refractivity contribution in [3.63, 3.8) is 0 Å². The van der Waals surface area contributed by atoms with Crippen LogP contribution >= 0.6 is 0 Å². The van der Waals surface area contributed by atoms with Gasteiger partial charge in [-0.1, -0.05) is 81.5 Å². The molecular weight excluding hydrogens is 524 g/mol. The molecule has 41 heavy (non-hydrogen) atoms. The van der Waals surface area contributed by atoms with Gasteiger partial charge in [-0.15, -0.1) is 0 Å². The van der Waals surface area contributed by atoms with Crippen LogP contribution in [-0.4, -0.2) is 70.1 Å². The molecule has 220 valence electrons. The summed E-state index contributed by atoms with van der Waals surface area (Å²) in [6, 6.07) is 12.9. The van der Waals surface area contributed by atoms with Crippen LogP contribution in [0.4, 0.5) is 4.79 Å². The molecule has 2 aromatic carbocycles. The molecule has 2 N–H and O–H groups in total. The van der Waals surface area contributed by atoms with Gasteiger partial charge >= 0.3 is 6.09 Å². The molecule has 2 aromatic rings. The van der Waals surface area contributed by atoms with E-state index in [0.717, 1.165) is 59.9 Å². The van der Waals surface area contributed by atoms with Crippen LogP contribution in [-0.2, 0) is 30.6 Å². The summed E-state index contributed by atoms with van der Waals surface area (Å²) in [7, 11) is 0. The minimum Gasteiger partial charge on any atom is -0.443 e. The number of hydrogen-bond donors (Lipinski definition) is 1. The number of hydrogen-bond acceptors (Lipinski definition) is 6. The number of benzene rings is 2. The first kappa shape index (κ1) is 28.9. The molecule has 10 heteroatoms. The van der Waals surface area contributed by atoms with E-state index in [1.807, 2.05) is 49.4 Å². The third-order valence-electron chi connectivity index (χ3n) is 8.51. The molecule has 4 amide bonds. The fourth-order valence-corrected chi connectivity index (χ4v) is 6.42. The molecule has 0 aromatic heterocycles. The zero-order chi connectivity index (χ0) is 28.9. The van der Waals surface area contributed by atoms with Gasteiger partial charge in [-0.25, -0.2) is 4.79 Å². The Labute approximate surface area is 240 Å². The number of carbonyl (C=O) groups excluding carboxylic acids is 4. The number of primary amides is 1. The second-order valence-electron chi connectivity index (χ2n) is 11.4. The second-order valence-corrected chi connectivity index (χ2v) is 11.4. The third-order valence-corrected chi connectivity index (χ3v) is 8.51. The lowest BCUT2D eigenvalue weighted by molar-refractivity contribution is -0.267. The van der Waals surface area contributed by atoms with E-state index in [1.165, 1.54) is 11.3 Å². The van der Waals surface area contributed by atoms with Crippen LogP contribution in [0, 0.1) is 5.92 Å². The Morgan fingerprint density at radius 2 is 1.78 bits per heavy atom. The first-order chi connectivity index (χ1) is 19.9. The van der Waals surface area contributed by atoms with Gasteiger partial charge in [0, 0.05) is 6.54 Å². The number of piperazine rings is 1. The summed E-state index contributed by atoms with van der Waals surface area (Å²) in [5, 5.41) is 3.04. The standard InChI is InChI=1S/C31H40N4O6/c1-2-3-16-25-29(37)33(18-21-10-5-4-6-11-21)19-28-34(25)30(38)26(17-27(32)36)41-35(28)31(39)40-20-23-14-9-13-22-12-7-8-15-24(22)23/h7-9,12-15,21,25-26,28H,2-6,10-11,16-20H2,1H3,(H2,32,36)/t25-,26-,28?/m0/s1. The van der Waals surface area contributed by atoms with E-state index >= 15 is 0 Å². The van der Waals surface area contributed by atoms with Crippen molar-refractivity contribution in [3.05, 3.63) is 48.0 Å². The van der Waals surface area contributed by atoms with Gasteiger partial charge in [0.2, 0.25) is 11.8 Å². The molecule has 1 saturated carbocycles. The lowest BCUT2D eigenvalue weighted by Gasteiger charge is -2.53. The highest BCUT2D eigenvalue weighted by Crippen LogP contribution is 2.33. The van der Waals surface area contributed by atoms with Gasteiger partial charge in [-0.2, -0.15) is 5.06 Å². The maximum Gasteiger partial charge on any atom is 0.436 e. The average Bonchev–Trinajstić information content (AvgIpc) is 2.97. The topological polar surface area (TPSA) is 122 Å². The van der Waals surface area contributed by atoms with Crippen LogP contribution in [0.3, 0.4) is 0 Å². The molecule has 3 fully saturated rings. The molecule has 0 spiro atoms. The molecule has 2 heterocycles. The Kier molecular flexibility index (Phi) is 9.07. The molecule has 3 aliphatic rings. The molecule has 5 rings (SSSR count). The fourth-order valence-electron chi connectivity index (χ4n) is 6.42. The van der Waals surface area contributed by atoms with Gasteiger partial charge in [-0.3, -0.25) is 19.2 Å². The van der Waals surface area contributed by atoms with Gasteiger partial charge in [0.1, 0.15) is 12.6 Å². The van der Waals surface area contributed by atoms with Gasteiger partial charge in [0.05, 0.1) is 13.0 Å². The number of nitrogens with two attached hydrogens (primary N) is 1. The van der Waals surface area contributed by atoms with Gasteiger partial charge in [-0.05, 0) is 41.5 Å². The molecule has 0 bridgehead atoms. The molecule has 10 nitrogen and oxygen atoms in total. The van der Waals surface area contributed by atoms with E-state index in [9.17, 15) is 19.2 Å². The largest absolute Gasteiger partial charge is 0.443 e. The number of ether oxygens (including phenoxy) is 1. The van der Waals surface area contributed by atoms with Gasteiger partial charge in [0.15, 0.2) is 12.3 Å². The highest BCUT2D eigenvalue weighted by molar-refractivity contribution is 5.94. The fraction of sp³-hybridized carbons (Fsp3) is 0.548. The summed E-state index contributed by atoms with van der Waals surface area (Å²) in [5.74, 6) is -0.963. The monoisotopic (exact) mass is 564 g/mol. The van der Waals surface area contributed by atoms with Crippen LogP contribution in [0.2, 0.25) is 0 Å². The van der Waals surface area contributed by atoms with E-state index < -0.39 is 42.6 Å². The summed E-state index contributed by atoms with van der Waals surface area (Å²) >= 11 is 0. The van der Waals surface area contributed by atoms with Crippen molar-refractivity contribution in [2.45, 2.75) is 89.6 Å². The number of carbonyl (C=O) groups is 4. The summed E-state index contributed by atoms with van der Waals surface area (Å²) in [4.78, 5) is 62.0. The zero-order valence-corrected chi connectivity index (χ0v) is 23.7. The number of hydroxylamine groups is 2. The average molecular weight is 565 g/mol. The minimum atomic E-state index is -1.31. The van der Waals surface area contributed by atoms with Crippen LogP contribution in [0.1, 0.15) is 70.3 Å². The Morgan fingerprint density at radius 1 is 1.02 bits per heavy atom. The summed E-state index contributed by atoms with van der Waals surface area (Å²) in [5.41, 5.74) is 6.26. The van der Waals surface area contributed by atoms with E-state index in [0.29, 0.717) is 18.9 Å². The number of unbranched alkanes of at least 4 members (excludes halogenated alkanes) is 1.